The van der Waals surface area contributed by atoms with E-state index < -0.39 is 0 Å². The molecule has 168 valence electrons. The molecule has 0 radical (unpaired) electrons. The first-order valence-electron chi connectivity index (χ1n) is 10.6. The summed E-state index contributed by atoms with van der Waals surface area (Å²) in [5.74, 6) is 0.00974. The first-order chi connectivity index (χ1) is 16.5. The van der Waals surface area contributed by atoms with E-state index in [2.05, 4.69) is 15.5 Å². The fourth-order valence-corrected chi connectivity index (χ4v) is 3.96. The number of hydrogen-bond donors (Lipinski definition) is 2. The summed E-state index contributed by atoms with van der Waals surface area (Å²) in [5.41, 5.74) is 3.36. The van der Waals surface area contributed by atoms with E-state index in [0.29, 0.717) is 39.5 Å². The van der Waals surface area contributed by atoms with Crippen molar-refractivity contribution in [2.75, 3.05) is 12.4 Å². The summed E-state index contributed by atoms with van der Waals surface area (Å²) in [5, 5.41) is 9.85. The van der Waals surface area contributed by atoms with Crippen LogP contribution in [0.25, 0.3) is 11.3 Å². The number of amides is 3. The summed E-state index contributed by atoms with van der Waals surface area (Å²) in [6, 6.07) is 22.8. The topological polar surface area (TPSA) is 104 Å². The second-order valence-electron chi connectivity index (χ2n) is 7.76. The van der Waals surface area contributed by atoms with E-state index in [0.717, 1.165) is 5.56 Å². The number of nitrogens with zero attached hydrogens (tertiary/aromatic N) is 2. The molecular weight excluding hydrogens is 432 g/mol. The van der Waals surface area contributed by atoms with Crippen LogP contribution >= 0.6 is 0 Å². The van der Waals surface area contributed by atoms with Crippen LogP contribution in [0.4, 0.5) is 5.82 Å². The van der Waals surface area contributed by atoms with Crippen molar-refractivity contribution in [3.8, 4) is 17.0 Å². The standard InChI is InChI=1S/C26H20N4O4/c1-34-22-12-5-4-11-20(22)21-14-23(29-28-21)27-24(31)17-8-6-7-16(13-17)15-30-25(32)18-9-2-3-10-19(18)26(30)33/h2-14H,15H2,1H3,(H2,27,28,29,31). The molecule has 2 N–H and O–H groups in total. The van der Waals surface area contributed by atoms with E-state index in [-0.39, 0.29) is 24.3 Å². The monoisotopic (exact) mass is 452 g/mol. The number of aromatic nitrogens is 2. The second-order valence-corrected chi connectivity index (χ2v) is 7.76. The number of nitrogens with one attached hydrogen (secondary N) is 2. The number of rotatable bonds is 6. The van der Waals surface area contributed by atoms with Gasteiger partial charge in [-0.15, -0.1) is 0 Å². The smallest absolute Gasteiger partial charge is 0.261 e. The maximum absolute atomic E-state index is 12.8. The molecule has 5 rings (SSSR count). The highest BCUT2D eigenvalue weighted by molar-refractivity contribution is 6.21. The fraction of sp³-hybridized carbons (Fsp3) is 0.0769. The van der Waals surface area contributed by atoms with Crippen LogP contribution in [0.2, 0.25) is 0 Å². The normalized spacial score (nSPS) is 12.6. The average molecular weight is 452 g/mol. The highest BCUT2D eigenvalue weighted by atomic mass is 16.5. The van der Waals surface area contributed by atoms with Crippen LogP contribution in [0.1, 0.15) is 36.6 Å². The van der Waals surface area contributed by atoms with Gasteiger partial charge in [-0.2, -0.15) is 5.10 Å². The Morgan fingerprint density at radius 1 is 0.912 bits per heavy atom. The SMILES string of the molecule is COc1ccccc1-c1cc(NC(=O)c2cccc(CN3C(=O)c4ccccc4C3=O)c2)n[nH]1. The van der Waals surface area contributed by atoms with Gasteiger partial charge in [0.1, 0.15) is 5.75 Å². The van der Waals surface area contributed by atoms with Gasteiger partial charge in [-0.05, 0) is 42.0 Å². The molecule has 2 heterocycles. The molecule has 0 unspecified atom stereocenters. The molecule has 8 heteroatoms. The summed E-state index contributed by atoms with van der Waals surface area (Å²) < 4.78 is 5.38. The number of carbonyl (C=O) groups is 3. The van der Waals surface area contributed by atoms with Crippen molar-refractivity contribution in [3.05, 3.63) is 101 Å². The Hall–Kier alpha value is -4.72. The molecule has 0 aliphatic carbocycles. The van der Waals surface area contributed by atoms with Crippen LogP contribution < -0.4 is 10.1 Å². The third-order valence-electron chi connectivity index (χ3n) is 5.62. The molecule has 34 heavy (non-hydrogen) atoms. The zero-order valence-electron chi connectivity index (χ0n) is 18.2. The maximum Gasteiger partial charge on any atom is 0.261 e. The third kappa shape index (κ3) is 3.81. The third-order valence-corrected chi connectivity index (χ3v) is 5.62. The largest absolute Gasteiger partial charge is 0.496 e. The van der Waals surface area contributed by atoms with Crippen LogP contribution in [0, 0.1) is 0 Å². The predicted octanol–water partition coefficient (Wildman–Crippen LogP) is 4.13. The van der Waals surface area contributed by atoms with Gasteiger partial charge in [-0.1, -0.05) is 36.4 Å². The van der Waals surface area contributed by atoms with Gasteiger partial charge in [0.15, 0.2) is 5.82 Å². The molecule has 1 aromatic heterocycles. The number of carbonyl (C=O) groups excluding carboxylic acids is 3. The van der Waals surface area contributed by atoms with Crippen molar-refractivity contribution in [1.82, 2.24) is 15.1 Å². The molecule has 0 atom stereocenters. The molecule has 0 saturated carbocycles. The number of H-pyrrole nitrogens is 1. The van der Waals surface area contributed by atoms with Gasteiger partial charge in [0.25, 0.3) is 17.7 Å². The fourth-order valence-electron chi connectivity index (χ4n) is 3.96. The Morgan fingerprint density at radius 3 is 2.29 bits per heavy atom. The van der Waals surface area contributed by atoms with Crippen LogP contribution in [-0.4, -0.2) is 39.9 Å². The van der Waals surface area contributed by atoms with E-state index in [1.807, 2.05) is 24.3 Å². The van der Waals surface area contributed by atoms with Crippen molar-refractivity contribution >= 4 is 23.5 Å². The van der Waals surface area contributed by atoms with Crippen molar-refractivity contribution in [2.24, 2.45) is 0 Å². The van der Waals surface area contributed by atoms with E-state index >= 15 is 0 Å². The van der Waals surface area contributed by atoms with Crippen LogP contribution in [-0.2, 0) is 6.54 Å². The molecule has 0 fully saturated rings. The average Bonchev–Trinajstić information content (AvgIpc) is 3.43. The lowest BCUT2D eigenvalue weighted by Crippen LogP contribution is -2.29. The minimum Gasteiger partial charge on any atom is -0.496 e. The molecule has 8 nitrogen and oxygen atoms in total. The van der Waals surface area contributed by atoms with Crippen molar-refractivity contribution < 1.29 is 19.1 Å². The first-order valence-corrected chi connectivity index (χ1v) is 10.6. The zero-order chi connectivity index (χ0) is 23.7. The number of aromatic amines is 1. The summed E-state index contributed by atoms with van der Waals surface area (Å²) in [6.07, 6.45) is 0. The molecule has 3 aromatic carbocycles. The van der Waals surface area contributed by atoms with Gasteiger partial charge in [0.05, 0.1) is 30.5 Å². The number of fused-ring (bicyclic) bond motifs is 1. The number of para-hydroxylation sites is 1. The highest BCUT2D eigenvalue weighted by Crippen LogP contribution is 2.29. The summed E-state index contributed by atoms with van der Waals surface area (Å²) >= 11 is 0. The predicted molar refractivity (Wildman–Crippen MR) is 126 cm³/mol. The van der Waals surface area contributed by atoms with E-state index in [4.69, 9.17) is 4.74 Å². The molecular formula is C26H20N4O4. The van der Waals surface area contributed by atoms with Crippen molar-refractivity contribution in [3.63, 3.8) is 0 Å². The molecule has 0 spiro atoms. The van der Waals surface area contributed by atoms with Crippen molar-refractivity contribution in [1.29, 1.82) is 0 Å². The number of imide groups is 1. The highest BCUT2D eigenvalue weighted by Gasteiger charge is 2.35. The van der Waals surface area contributed by atoms with Crippen molar-refractivity contribution in [2.45, 2.75) is 6.54 Å². The van der Waals surface area contributed by atoms with Gasteiger partial charge in [0.2, 0.25) is 0 Å². The lowest BCUT2D eigenvalue weighted by atomic mass is 10.1. The van der Waals surface area contributed by atoms with Gasteiger partial charge in [0, 0.05) is 17.2 Å². The Bertz CT molecular complexity index is 1390. The van der Waals surface area contributed by atoms with Gasteiger partial charge in [-0.25, -0.2) is 0 Å². The number of benzene rings is 3. The molecule has 0 bridgehead atoms. The Kier molecular flexibility index (Phi) is 5.39. The van der Waals surface area contributed by atoms with Crippen LogP contribution in [0.5, 0.6) is 5.75 Å². The Labute approximate surface area is 195 Å². The lowest BCUT2D eigenvalue weighted by molar-refractivity contribution is 0.0642. The quantitative estimate of drug-likeness (QED) is 0.428. The number of methoxy groups -OCH3 is 1. The molecule has 1 aliphatic rings. The van der Waals surface area contributed by atoms with E-state index in [1.54, 1.807) is 61.7 Å². The molecule has 3 amide bonds. The van der Waals surface area contributed by atoms with Gasteiger partial charge >= 0.3 is 0 Å². The van der Waals surface area contributed by atoms with Crippen LogP contribution in [0.15, 0.2) is 78.9 Å². The van der Waals surface area contributed by atoms with E-state index in [9.17, 15) is 14.4 Å². The second kappa shape index (κ2) is 8.67. The molecule has 4 aromatic rings. The van der Waals surface area contributed by atoms with E-state index in [1.165, 1.54) is 4.90 Å². The molecule has 1 aliphatic heterocycles. The van der Waals surface area contributed by atoms with Crippen LogP contribution in [0.3, 0.4) is 0 Å². The number of ether oxygens (including phenoxy) is 1. The molecule has 0 saturated heterocycles. The lowest BCUT2D eigenvalue weighted by Gasteiger charge is -2.14. The minimum absolute atomic E-state index is 0.0772. The van der Waals surface area contributed by atoms with Gasteiger partial charge in [-0.3, -0.25) is 24.4 Å². The summed E-state index contributed by atoms with van der Waals surface area (Å²) in [7, 11) is 1.59. The Morgan fingerprint density at radius 2 is 1.59 bits per heavy atom. The van der Waals surface area contributed by atoms with Gasteiger partial charge < -0.3 is 10.1 Å². The number of hydrogen-bond acceptors (Lipinski definition) is 5. The summed E-state index contributed by atoms with van der Waals surface area (Å²) in [4.78, 5) is 39.3. The zero-order valence-corrected chi connectivity index (χ0v) is 18.2. The minimum atomic E-state index is -0.359. The first kappa shape index (κ1) is 21.1. The number of anilines is 1. The Balaban J connectivity index is 1.31. The summed E-state index contributed by atoms with van der Waals surface area (Å²) in [6.45, 7) is 0.0772. The maximum atomic E-state index is 12.8.